The van der Waals surface area contributed by atoms with Crippen molar-refractivity contribution in [2.45, 2.75) is 27.7 Å². The maximum Gasteiger partial charge on any atom is 0.340 e. The van der Waals surface area contributed by atoms with Gasteiger partial charge in [-0.3, -0.25) is 0 Å². The van der Waals surface area contributed by atoms with E-state index in [1.54, 1.807) is 12.1 Å². The second kappa shape index (κ2) is 6.35. The van der Waals surface area contributed by atoms with Gasteiger partial charge in [-0.25, -0.2) is 4.79 Å². The first-order chi connectivity index (χ1) is 9.16. The molecule has 0 heterocycles. The molecule has 1 aromatic carbocycles. The van der Waals surface area contributed by atoms with Gasteiger partial charge in [0, 0.05) is 12.2 Å². The Kier molecular flexibility index (Phi) is 5.28. The van der Waals surface area contributed by atoms with Crippen molar-refractivity contribution in [1.82, 2.24) is 0 Å². The molecule has 0 bridgehead atoms. The molecule has 1 unspecified atom stereocenters. The van der Waals surface area contributed by atoms with Crippen LogP contribution in [0.4, 0.5) is 11.4 Å². The van der Waals surface area contributed by atoms with Crippen molar-refractivity contribution in [2.24, 2.45) is 11.3 Å². The summed E-state index contributed by atoms with van der Waals surface area (Å²) in [6.07, 6.45) is 0. The van der Waals surface area contributed by atoms with E-state index in [2.05, 4.69) is 33.0 Å². The Morgan fingerprint density at radius 3 is 2.55 bits per heavy atom. The van der Waals surface area contributed by atoms with Crippen LogP contribution in [0.15, 0.2) is 12.1 Å². The summed E-state index contributed by atoms with van der Waals surface area (Å²) in [6, 6.07) is 3.19. The monoisotopic (exact) mass is 298 g/mol. The summed E-state index contributed by atoms with van der Waals surface area (Å²) >= 11 is 6.18. The van der Waals surface area contributed by atoms with Crippen molar-refractivity contribution in [3.63, 3.8) is 0 Å². The Hall–Kier alpha value is -1.42. The summed E-state index contributed by atoms with van der Waals surface area (Å²) in [6.45, 7) is 9.37. The number of carbonyl (C=O) groups is 1. The van der Waals surface area contributed by atoms with Gasteiger partial charge < -0.3 is 15.8 Å². The van der Waals surface area contributed by atoms with Crippen LogP contribution in [0.2, 0.25) is 5.02 Å². The van der Waals surface area contributed by atoms with Gasteiger partial charge in [-0.05, 0) is 23.5 Å². The molecule has 112 valence electrons. The summed E-state index contributed by atoms with van der Waals surface area (Å²) < 4.78 is 4.77. The van der Waals surface area contributed by atoms with Crippen molar-refractivity contribution in [3.8, 4) is 0 Å². The number of esters is 1. The zero-order chi connectivity index (χ0) is 15.5. The highest BCUT2D eigenvalue weighted by Gasteiger charge is 2.22. The van der Waals surface area contributed by atoms with Crippen molar-refractivity contribution in [2.75, 3.05) is 24.7 Å². The topological polar surface area (TPSA) is 64.3 Å². The molecule has 4 nitrogen and oxygen atoms in total. The summed E-state index contributed by atoms with van der Waals surface area (Å²) in [4.78, 5) is 11.8. The predicted molar refractivity (Wildman–Crippen MR) is 84.3 cm³/mol. The van der Waals surface area contributed by atoms with Crippen LogP contribution in [-0.4, -0.2) is 19.6 Å². The minimum atomic E-state index is -0.454. The third-order valence-electron chi connectivity index (χ3n) is 3.58. The third kappa shape index (κ3) is 4.04. The lowest BCUT2D eigenvalue weighted by Gasteiger charge is -2.28. The number of carbonyl (C=O) groups excluding carboxylic acids is 1. The van der Waals surface area contributed by atoms with E-state index >= 15 is 0 Å². The third-order valence-corrected chi connectivity index (χ3v) is 3.88. The fourth-order valence-electron chi connectivity index (χ4n) is 1.64. The van der Waals surface area contributed by atoms with Gasteiger partial charge in [0.15, 0.2) is 0 Å². The van der Waals surface area contributed by atoms with E-state index in [1.807, 2.05) is 0 Å². The van der Waals surface area contributed by atoms with Gasteiger partial charge in [0.05, 0.1) is 23.4 Å². The fraction of sp³-hybridized carbons (Fsp3) is 0.533. The smallest absolute Gasteiger partial charge is 0.340 e. The standard InChI is InChI=1S/C15H23ClN2O2/c1-9(15(2,3)4)8-18-13-11(14(19)20-5)6-10(17)7-12(13)16/h6-7,9,18H,8,17H2,1-5H3. The van der Waals surface area contributed by atoms with Crippen LogP contribution in [0.5, 0.6) is 0 Å². The number of rotatable bonds is 4. The van der Waals surface area contributed by atoms with E-state index in [1.165, 1.54) is 7.11 Å². The molecule has 3 N–H and O–H groups in total. The summed E-state index contributed by atoms with van der Waals surface area (Å²) in [5.41, 5.74) is 7.26. The van der Waals surface area contributed by atoms with E-state index in [9.17, 15) is 4.79 Å². The molecular weight excluding hydrogens is 276 g/mol. The molecule has 1 rings (SSSR count). The van der Waals surface area contributed by atoms with Crippen LogP contribution < -0.4 is 11.1 Å². The van der Waals surface area contributed by atoms with Gasteiger partial charge in [0.2, 0.25) is 0 Å². The lowest BCUT2D eigenvalue weighted by Crippen LogP contribution is -2.25. The number of halogens is 1. The maximum absolute atomic E-state index is 11.8. The predicted octanol–water partition coefficient (Wildman–Crippen LogP) is 3.80. The Morgan fingerprint density at radius 1 is 1.45 bits per heavy atom. The average Bonchev–Trinajstić information content (AvgIpc) is 2.34. The van der Waals surface area contributed by atoms with Crippen molar-refractivity contribution in [3.05, 3.63) is 22.7 Å². The first kappa shape index (κ1) is 16.6. The van der Waals surface area contributed by atoms with E-state index in [-0.39, 0.29) is 5.41 Å². The largest absolute Gasteiger partial charge is 0.465 e. The molecule has 0 amide bonds. The van der Waals surface area contributed by atoms with Gasteiger partial charge in [0.1, 0.15) is 0 Å². The molecule has 0 saturated heterocycles. The molecule has 0 fully saturated rings. The molecule has 0 aliphatic carbocycles. The van der Waals surface area contributed by atoms with Crippen LogP contribution in [0.1, 0.15) is 38.1 Å². The van der Waals surface area contributed by atoms with Gasteiger partial charge in [-0.1, -0.05) is 39.3 Å². The van der Waals surface area contributed by atoms with Gasteiger partial charge in [-0.15, -0.1) is 0 Å². The number of nitrogen functional groups attached to an aromatic ring is 1. The number of hydrogen-bond acceptors (Lipinski definition) is 4. The minimum Gasteiger partial charge on any atom is -0.465 e. The number of ether oxygens (including phenoxy) is 1. The number of hydrogen-bond donors (Lipinski definition) is 2. The molecular formula is C15H23ClN2O2. The van der Waals surface area contributed by atoms with Crippen LogP contribution in [0.3, 0.4) is 0 Å². The lowest BCUT2D eigenvalue weighted by molar-refractivity contribution is 0.0602. The van der Waals surface area contributed by atoms with E-state index in [0.717, 1.165) is 0 Å². The first-order valence-electron chi connectivity index (χ1n) is 6.58. The Morgan fingerprint density at radius 2 is 2.05 bits per heavy atom. The zero-order valence-corrected chi connectivity index (χ0v) is 13.5. The van der Waals surface area contributed by atoms with Gasteiger partial charge in [0.25, 0.3) is 0 Å². The number of benzene rings is 1. The molecule has 0 aliphatic rings. The Bertz CT molecular complexity index is 495. The Balaban J connectivity index is 3.02. The van der Waals surface area contributed by atoms with Crippen LogP contribution in [-0.2, 0) is 4.74 Å². The average molecular weight is 299 g/mol. The van der Waals surface area contributed by atoms with Gasteiger partial charge in [-0.2, -0.15) is 0 Å². The second-order valence-electron chi connectivity index (χ2n) is 6.06. The molecule has 0 radical (unpaired) electrons. The quantitative estimate of drug-likeness (QED) is 0.655. The van der Waals surface area contributed by atoms with E-state index < -0.39 is 5.97 Å². The number of nitrogens with two attached hydrogens (primary N) is 1. The van der Waals surface area contributed by atoms with Crippen LogP contribution in [0.25, 0.3) is 0 Å². The highest BCUT2D eigenvalue weighted by atomic mass is 35.5. The number of methoxy groups -OCH3 is 1. The van der Waals surface area contributed by atoms with E-state index in [4.69, 9.17) is 22.1 Å². The number of anilines is 2. The molecule has 20 heavy (non-hydrogen) atoms. The molecule has 1 aromatic rings. The normalized spacial score (nSPS) is 12.9. The fourth-order valence-corrected chi connectivity index (χ4v) is 1.93. The van der Waals surface area contributed by atoms with Crippen LogP contribution >= 0.6 is 11.6 Å². The lowest BCUT2D eigenvalue weighted by atomic mass is 9.82. The molecule has 0 spiro atoms. The van der Waals surface area contributed by atoms with E-state index in [0.29, 0.717) is 34.4 Å². The second-order valence-corrected chi connectivity index (χ2v) is 6.47. The summed E-state index contributed by atoms with van der Waals surface area (Å²) in [5.74, 6) is -0.0493. The van der Waals surface area contributed by atoms with Gasteiger partial charge >= 0.3 is 5.97 Å². The zero-order valence-electron chi connectivity index (χ0n) is 12.7. The SMILES string of the molecule is COC(=O)c1cc(N)cc(Cl)c1NCC(C)C(C)(C)C. The number of nitrogens with one attached hydrogen (secondary N) is 1. The molecule has 0 aliphatic heterocycles. The molecule has 0 aromatic heterocycles. The molecule has 5 heteroatoms. The van der Waals surface area contributed by atoms with Crippen molar-refractivity contribution >= 4 is 28.9 Å². The highest BCUT2D eigenvalue weighted by molar-refractivity contribution is 6.34. The molecule has 1 atom stereocenters. The summed E-state index contributed by atoms with van der Waals surface area (Å²) in [7, 11) is 1.33. The van der Waals surface area contributed by atoms with Crippen LogP contribution in [0, 0.1) is 11.3 Å². The molecule has 0 saturated carbocycles. The highest BCUT2D eigenvalue weighted by Crippen LogP contribution is 2.31. The first-order valence-corrected chi connectivity index (χ1v) is 6.95. The van der Waals surface area contributed by atoms with Crippen molar-refractivity contribution in [1.29, 1.82) is 0 Å². The van der Waals surface area contributed by atoms with Crippen molar-refractivity contribution < 1.29 is 9.53 Å². The Labute approximate surface area is 125 Å². The summed E-state index contributed by atoms with van der Waals surface area (Å²) in [5, 5.41) is 3.66. The maximum atomic E-state index is 11.8. The minimum absolute atomic E-state index is 0.165.